The molecule has 5 nitrogen and oxygen atoms in total. The van der Waals surface area contributed by atoms with Crippen LogP contribution in [0, 0.1) is 5.92 Å². The number of guanidine groups is 1. The van der Waals surface area contributed by atoms with Gasteiger partial charge in [-0.15, -0.1) is 24.0 Å². The molecule has 0 radical (unpaired) electrons. The summed E-state index contributed by atoms with van der Waals surface area (Å²) in [5.74, 6) is 2.19. The Hall–Kier alpha value is -0.860. The van der Waals surface area contributed by atoms with Crippen molar-refractivity contribution in [3.05, 3.63) is 35.9 Å². The molecule has 0 aromatic heterocycles. The Bertz CT molecular complexity index is 605. The minimum absolute atomic E-state index is 0. The molecular weight excluding hydrogens is 465 g/mol. The van der Waals surface area contributed by atoms with Crippen molar-refractivity contribution in [2.75, 3.05) is 39.4 Å². The molecule has 0 bridgehead atoms. The monoisotopic (exact) mass is 501 g/mol. The van der Waals surface area contributed by atoms with Gasteiger partial charge in [0.05, 0.1) is 12.1 Å². The summed E-state index contributed by atoms with van der Waals surface area (Å²) in [4.78, 5) is 7.21. The number of nitrogens with one attached hydrogen (secondary N) is 1. The summed E-state index contributed by atoms with van der Waals surface area (Å²) in [6.45, 7) is 8.97. The van der Waals surface area contributed by atoms with Crippen molar-refractivity contribution >= 4 is 29.9 Å². The number of ether oxygens (including phenoxy) is 1. The van der Waals surface area contributed by atoms with E-state index in [9.17, 15) is 5.11 Å². The van der Waals surface area contributed by atoms with Gasteiger partial charge in [0.15, 0.2) is 5.96 Å². The first-order valence-electron chi connectivity index (χ1n) is 10.5. The second kappa shape index (κ2) is 11.4. The van der Waals surface area contributed by atoms with Crippen molar-refractivity contribution in [1.29, 1.82) is 0 Å². The summed E-state index contributed by atoms with van der Waals surface area (Å²) in [7, 11) is 0. The number of hydrogen-bond acceptors (Lipinski definition) is 3. The second-order valence-corrected chi connectivity index (χ2v) is 7.93. The molecule has 0 amide bonds. The van der Waals surface area contributed by atoms with Crippen LogP contribution < -0.4 is 5.32 Å². The number of likely N-dealkylation sites (tertiary alicyclic amines) is 1. The minimum atomic E-state index is -0.717. The molecule has 1 aromatic carbocycles. The predicted octanol–water partition coefficient (Wildman–Crippen LogP) is 3.63. The van der Waals surface area contributed by atoms with Gasteiger partial charge in [-0.2, -0.15) is 0 Å². The maximum atomic E-state index is 10.7. The van der Waals surface area contributed by atoms with E-state index in [-0.39, 0.29) is 24.0 Å². The molecule has 28 heavy (non-hydrogen) atoms. The highest BCUT2D eigenvalue weighted by Crippen LogP contribution is 2.35. The number of nitrogens with zero attached hydrogens (tertiary/aromatic N) is 2. The lowest BCUT2D eigenvalue weighted by molar-refractivity contribution is -0.0567. The lowest BCUT2D eigenvalue weighted by Crippen LogP contribution is -2.49. The summed E-state index contributed by atoms with van der Waals surface area (Å²) < 4.78 is 5.38. The molecule has 3 rings (SSSR count). The van der Waals surface area contributed by atoms with Crippen molar-refractivity contribution in [3.8, 4) is 0 Å². The quantitative estimate of drug-likeness (QED) is 0.368. The average molecular weight is 501 g/mol. The Kier molecular flexibility index (Phi) is 9.50. The molecule has 0 saturated carbocycles. The van der Waals surface area contributed by atoms with E-state index in [4.69, 9.17) is 9.73 Å². The van der Waals surface area contributed by atoms with Gasteiger partial charge in [-0.05, 0) is 30.7 Å². The van der Waals surface area contributed by atoms with Gasteiger partial charge in [-0.3, -0.25) is 4.99 Å². The van der Waals surface area contributed by atoms with Gasteiger partial charge in [-0.1, -0.05) is 43.7 Å². The van der Waals surface area contributed by atoms with E-state index in [1.165, 1.54) is 5.56 Å². The van der Waals surface area contributed by atoms with E-state index in [0.717, 1.165) is 38.4 Å². The molecule has 2 aliphatic heterocycles. The van der Waals surface area contributed by atoms with E-state index in [0.29, 0.717) is 44.4 Å². The van der Waals surface area contributed by atoms with Crippen LogP contribution in [-0.2, 0) is 4.74 Å². The number of benzene rings is 1. The van der Waals surface area contributed by atoms with Crippen molar-refractivity contribution in [2.45, 2.75) is 51.0 Å². The number of hydrogen-bond donors (Lipinski definition) is 2. The van der Waals surface area contributed by atoms with Crippen LogP contribution in [0.5, 0.6) is 0 Å². The Balaban J connectivity index is 0.00000280. The molecule has 6 heteroatoms. The fourth-order valence-electron chi connectivity index (χ4n) is 4.33. The van der Waals surface area contributed by atoms with Crippen LogP contribution in [0.2, 0.25) is 0 Å². The fourth-order valence-corrected chi connectivity index (χ4v) is 4.33. The van der Waals surface area contributed by atoms with Gasteiger partial charge in [-0.25, -0.2) is 0 Å². The zero-order valence-electron chi connectivity index (χ0n) is 17.3. The number of halogens is 1. The van der Waals surface area contributed by atoms with Crippen molar-refractivity contribution in [2.24, 2.45) is 10.9 Å². The normalized spacial score (nSPS) is 25.1. The van der Waals surface area contributed by atoms with Gasteiger partial charge >= 0.3 is 0 Å². The average Bonchev–Trinajstić information content (AvgIpc) is 2.72. The van der Waals surface area contributed by atoms with Crippen LogP contribution in [-0.4, -0.2) is 61.0 Å². The molecule has 0 aliphatic carbocycles. The molecular formula is C22H36IN3O2. The van der Waals surface area contributed by atoms with E-state index in [1.54, 1.807) is 0 Å². The maximum absolute atomic E-state index is 10.7. The Morgan fingerprint density at radius 1 is 1.25 bits per heavy atom. The zero-order valence-corrected chi connectivity index (χ0v) is 19.6. The highest BCUT2D eigenvalue weighted by molar-refractivity contribution is 14.0. The van der Waals surface area contributed by atoms with E-state index in [2.05, 4.69) is 54.4 Å². The second-order valence-electron chi connectivity index (χ2n) is 7.93. The Morgan fingerprint density at radius 2 is 1.96 bits per heavy atom. The molecule has 158 valence electrons. The number of piperidine rings is 1. The van der Waals surface area contributed by atoms with Crippen LogP contribution >= 0.6 is 24.0 Å². The third kappa shape index (κ3) is 6.07. The first kappa shape index (κ1) is 23.4. The summed E-state index contributed by atoms with van der Waals surface area (Å²) in [6, 6.07) is 10.9. The van der Waals surface area contributed by atoms with Crippen LogP contribution in [0.3, 0.4) is 0 Å². The van der Waals surface area contributed by atoms with Gasteiger partial charge < -0.3 is 20.1 Å². The van der Waals surface area contributed by atoms with Gasteiger partial charge in [0.1, 0.15) is 0 Å². The molecule has 2 aliphatic rings. The Labute approximate surface area is 187 Å². The molecule has 0 spiro atoms. The van der Waals surface area contributed by atoms with Crippen molar-refractivity contribution in [3.63, 3.8) is 0 Å². The lowest BCUT2D eigenvalue weighted by Gasteiger charge is -2.40. The summed E-state index contributed by atoms with van der Waals surface area (Å²) in [6.07, 6.45) is 3.65. The highest BCUT2D eigenvalue weighted by atomic mass is 127. The smallest absolute Gasteiger partial charge is 0.194 e. The standard InChI is InChI=1S/C22H35N3O2.HI/c1-3-18-16-25(13-10-20(18)19-8-6-5-7-9-19)21(23-4-2)24-17-22(26)11-14-27-15-12-22;/h5-9,18,20,26H,3-4,10-17H2,1-2H3,(H,23,24);1H. The number of aliphatic imine (C=N–C) groups is 1. The van der Waals surface area contributed by atoms with Gasteiger partial charge in [0.25, 0.3) is 0 Å². The van der Waals surface area contributed by atoms with E-state index < -0.39 is 5.60 Å². The molecule has 1 aromatic rings. The van der Waals surface area contributed by atoms with Crippen LogP contribution in [0.1, 0.15) is 51.0 Å². The predicted molar refractivity (Wildman–Crippen MR) is 126 cm³/mol. The molecule has 2 fully saturated rings. The molecule has 2 heterocycles. The number of rotatable bonds is 5. The molecule has 2 saturated heterocycles. The summed E-state index contributed by atoms with van der Waals surface area (Å²) in [5.41, 5.74) is 0.744. The van der Waals surface area contributed by atoms with Crippen molar-refractivity contribution in [1.82, 2.24) is 10.2 Å². The van der Waals surface area contributed by atoms with Gasteiger partial charge in [0.2, 0.25) is 0 Å². The molecule has 2 unspecified atom stereocenters. The summed E-state index contributed by atoms with van der Waals surface area (Å²) >= 11 is 0. The summed E-state index contributed by atoms with van der Waals surface area (Å²) in [5, 5.41) is 14.2. The third-order valence-corrected chi connectivity index (χ3v) is 6.07. The zero-order chi connectivity index (χ0) is 19.1. The van der Waals surface area contributed by atoms with Crippen molar-refractivity contribution < 1.29 is 9.84 Å². The largest absolute Gasteiger partial charge is 0.388 e. The third-order valence-electron chi connectivity index (χ3n) is 6.07. The lowest BCUT2D eigenvalue weighted by atomic mass is 9.79. The molecule has 2 N–H and O–H groups in total. The first-order valence-corrected chi connectivity index (χ1v) is 10.5. The fraction of sp³-hybridized carbons (Fsp3) is 0.682. The molecule has 2 atom stereocenters. The van der Waals surface area contributed by atoms with Crippen LogP contribution in [0.4, 0.5) is 0 Å². The van der Waals surface area contributed by atoms with Crippen LogP contribution in [0.15, 0.2) is 35.3 Å². The first-order chi connectivity index (χ1) is 13.1. The van der Waals surface area contributed by atoms with Crippen LogP contribution in [0.25, 0.3) is 0 Å². The maximum Gasteiger partial charge on any atom is 0.194 e. The topological polar surface area (TPSA) is 57.1 Å². The minimum Gasteiger partial charge on any atom is -0.388 e. The van der Waals surface area contributed by atoms with E-state index >= 15 is 0 Å². The highest BCUT2D eigenvalue weighted by Gasteiger charge is 2.32. The van der Waals surface area contributed by atoms with E-state index in [1.807, 2.05) is 0 Å². The SMILES string of the molecule is CCNC(=NCC1(O)CCOCC1)N1CCC(c2ccccc2)C(CC)C1.I. The Morgan fingerprint density at radius 3 is 2.61 bits per heavy atom. The number of aliphatic hydroxyl groups is 1. The van der Waals surface area contributed by atoms with Gasteiger partial charge in [0, 0.05) is 45.7 Å².